The van der Waals surface area contributed by atoms with E-state index in [1.807, 2.05) is 32.2 Å². The van der Waals surface area contributed by atoms with Crippen molar-refractivity contribution >= 4 is 15.9 Å². The minimum Gasteiger partial charge on any atom is -0.497 e. The lowest BCUT2D eigenvalue weighted by molar-refractivity contribution is 0.399. The van der Waals surface area contributed by atoms with Gasteiger partial charge in [0.15, 0.2) is 0 Å². The van der Waals surface area contributed by atoms with Gasteiger partial charge in [-0.05, 0) is 41.1 Å². The fraction of sp³-hybridized carbons (Fsp3) is 0.357. The number of halogens is 1. The van der Waals surface area contributed by atoms with Gasteiger partial charge in [-0.1, -0.05) is 0 Å². The summed E-state index contributed by atoms with van der Waals surface area (Å²) in [6.07, 6.45) is 0.734. The third-order valence-electron chi connectivity index (χ3n) is 3.23. The lowest BCUT2D eigenvalue weighted by Gasteiger charge is -2.11. The highest BCUT2D eigenvalue weighted by Crippen LogP contribution is 2.28. The fourth-order valence-electron chi connectivity index (χ4n) is 2.01. The second kappa shape index (κ2) is 5.65. The van der Waals surface area contributed by atoms with Crippen LogP contribution in [-0.2, 0) is 13.5 Å². The van der Waals surface area contributed by atoms with Crippen molar-refractivity contribution in [3.05, 3.63) is 39.9 Å². The van der Waals surface area contributed by atoms with Crippen LogP contribution in [0.1, 0.15) is 17.1 Å². The molecule has 0 saturated heterocycles. The van der Waals surface area contributed by atoms with Crippen LogP contribution < -0.4 is 9.47 Å². The molecule has 0 amide bonds. The highest BCUT2D eigenvalue weighted by Gasteiger charge is 2.13. The van der Waals surface area contributed by atoms with E-state index in [-0.39, 0.29) is 0 Å². The first-order chi connectivity index (χ1) is 9.06. The van der Waals surface area contributed by atoms with Crippen LogP contribution in [0, 0.1) is 6.92 Å². The van der Waals surface area contributed by atoms with Crippen molar-refractivity contribution in [1.29, 1.82) is 0 Å². The topological polar surface area (TPSA) is 36.3 Å². The number of methoxy groups -OCH3 is 2. The van der Waals surface area contributed by atoms with E-state index in [2.05, 4.69) is 25.5 Å². The number of imidazole rings is 1. The molecule has 2 aromatic rings. The highest BCUT2D eigenvalue weighted by atomic mass is 79.9. The molecule has 0 spiro atoms. The predicted molar refractivity (Wildman–Crippen MR) is 78.0 cm³/mol. The molecule has 1 heterocycles. The number of rotatable bonds is 4. The number of benzene rings is 1. The summed E-state index contributed by atoms with van der Waals surface area (Å²) in [5.41, 5.74) is 2.19. The first kappa shape index (κ1) is 13.9. The van der Waals surface area contributed by atoms with E-state index in [4.69, 9.17) is 9.47 Å². The Morgan fingerprint density at radius 1 is 1.26 bits per heavy atom. The van der Waals surface area contributed by atoms with E-state index >= 15 is 0 Å². The zero-order chi connectivity index (χ0) is 14.0. The van der Waals surface area contributed by atoms with Crippen molar-refractivity contribution in [3.63, 3.8) is 0 Å². The number of aromatic nitrogens is 2. The maximum Gasteiger partial charge on any atom is 0.127 e. The number of hydrogen-bond donors (Lipinski definition) is 0. The molecule has 2 rings (SSSR count). The van der Waals surface area contributed by atoms with Crippen LogP contribution in [0.3, 0.4) is 0 Å². The summed E-state index contributed by atoms with van der Waals surface area (Å²) in [6.45, 7) is 1.98. The third-order valence-corrected chi connectivity index (χ3v) is 3.87. The number of ether oxygens (including phenoxy) is 2. The molecule has 0 saturated carbocycles. The molecule has 19 heavy (non-hydrogen) atoms. The van der Waals surface area contributed by atoms with E-state index in [1.54, 1.807) is 14.2 Å². The zero-order valence-electron chi connectivity index (χ0n) is 11.5. The Morgan fingerprint density at radius 2 is 2.00 bits per heavy atom. The average Bonchev–Trinajstić information content (AvgIpc) is 2.65. The van der Waals surface area contributed by atoms with Crippen molar-refractivity contribution in [1.82, 2.24) is 9.55 Å². The van der Waals surface area contributed by atoms with Gasteiger partial charge in [0.1, 0.15) is 21.9 Å². The summed E-state index contributed by atoms with van der Waals surface area (Å²) < 4.78 is 13.6. The van der Waals surface area contributed by atoms with Crippen molar-refractivity contribution in [3.8, 4) is 11.5 Å². The summed E-state index contributed by atoms with van der Waals surface area (Å²) in [5.74, 6) is 2.65. The van der Waals surface area contributed by atoms with Crippen molar-refractivity contribution in [2.24, 2.45) is 7.05 Å². The fourth-order valence-corrected chi connectivity index (χ4v) is 2.67. The van der Waals surface area contributed by atoms with E-state index in [9.17, 15) is 0 Å². The lowest BCUT2D eigenvalue weighted by atomic mass is 10.1. The number of nitrogens with zero attached hydrogens (tertiary/aromatic N) is 2. The maximum absolute atomic E-state index is 5.40. The highest BCUT2D eigenvalue weighted by molar-refractivity contribution is 9.10. The molecule has 5 heteroatoms. The Labute approximate surface area is 121 Å². The predicted octanol–water partition coefficient (Wildman–Crippen LogP) is 3.10. The number of aryl methyl sites for hydroxylation is 1. The molecule has 1 aromatic heterocycles. The van der Waals surface area contributed by atoms with Gasteiger partial charge in [-0.25, -0.2) is 4.98 Å². The molecule has 0 aliphatic heterocycles. The molecule has 0 N–H and O–H groups in total. The van der Waals surface area contributed by atoms with Crippen LogP contribution in [0.5, 0.6) is 11.5 Å². The summed E-state index contributed by atoms with van der Waals surface area (Å²) >= 11 is 3.50. The maximum atomic E-state index is 5.40. The van der Waals surface area contributed by atoms with E-state index in [1.165, 1.54) is 0 Å². The summed E-state index contributed by atoms with van der Waals surface area (Å²) in [4.78, 5) is 4.41. The zero-order valence-corrected chi connectivity index (χ0v) is 13.1. The molecule has 0 fully saturated rings. The van der Waals surface area contributed by atoms with Crippen LogP contribution in [0.25, 0.3) is 0 Å². The molecule has 0 radical (unpaired) electrons. The third kappa shape index (κ3) is 2.76. The van der Waals surface area contributed by atoms with Crippen molar-refractivity contribution < 1.29 is 9.47 Å². The Bertz CT molecular complexity index is 593. The Morgan fingerprint density at radius 3 is 2.53 bits per heavy atom. The van der Waals surface area contributed by atoms with Crippen LogP contribution in [0.15, 0.2) is 22.8 Å². The summed E-state index contributed by atoms with van der Waals surface area (Å²) in [6, 6.07) is 5.81. The van der Waals surface area contributed by atoms with Gasteiger partial charge in [-0.3, -0.25) is 0 Å². The molecular formula is C14H17BrN2O2. The molecule has 1 aromatic carbocycles. The van der Waals surface area contributed by atoms with Crippen molar-refractivity contribution in [2.45, 2.75) is 13.3 Å². The molecule has 0 aliphatic rings. The van der Waals surface area contributed by atoms with Crippen LogP contribution in [-0.4, -0.2) is 23.8 Å². The van der Waals surface area contributed by atoms with Crippen LogP contribution in [0.4, 0.5) is 0 Å². The van der Waals surface area contributed by atoms with E-state index in [0.717, 1.165) is 39.6 Å². The normalized spacial score (nSPS) is 10.6. The average molecular weight is 325 g/mol. The van der Waals surface area contributed by atoms with Crippen molar-refractivity contribution in [2.75, 3.05) is 14.2 Å². The molecule has 0 bridgehead atoms. The van der Waals surface area contributed by atoms with E-state index in [0.29, 0.717) is 0 Å². The quantitative estimate of drug-likeness (QED) is 0.867. The van der Waals surface area contributed by atoms with Gasteiger partial charge in [-0.15, -0.1) is 0 Å². The van der Waals surface area contributed by atoms with Gasteiger partial charge in [0.2, 0.25) is 0 Å². The Kier molecular flexibility index (Phi) is 4.14. The van der Waals surface area contributed by atoms with Crippen LogP contribution >= 0.6 is 15.9 Å². The molecule has 0 atom stereocenters. The molecule has 0 aliphatic carbocycles. The van der Waals surface area contributed by atoms with Crippen LogP contribution in [0.2, 0.25) is 0 Å². The molecular weight excluding hydrogens is 308 g/mol. The molecule has 0 unspecified atom stereocenters. The van der Waals surface area contributed by atoms with Gasteiger partial charge in [-0.2, -0.15) is 0 Å². The second-order valence-corrected chi connectivity index (χ2v) is 5.06. The standard InChI is InChI=1S/C14H17BrN2O2/c1-9-16-14(15)12(17(9)2)8-10-7-11(18-3)5-6-13(10)19-4/h5-7H,8H2,1-4H3. The first-order valence-corrected chi connectivity index (χ1v) is 6.74. The summed E-state index contributed by atoms with van der Waals surface area (Å²) in [7, 11) is 5.35. The molecule has 102 valence electrons. The minimum absolute atomic E-state index is 0.734. The monoisotopic (exact) mass is 324 g/mol. The minimum atomic E-state index is 0.734. The van der Waals surface area contributed by atoms with Gasteiger partial charge in [0.25, 0.3) is 0 Å². The van der Waals surface area contributed by atoms with E-state index < -0.39 is 0 Å². The van der Waals surface area contributed by atoms with Gasteiger partial charge >= 0.3 is 0 Å². The van der Waals surface area contributed by atoms with Gasteiger partial charge in [0, 0.05) is 19.0 Å². The smallest absolute Gasteiger partial charge is 0.127 e. The second-order valence-electron chi connectivity index (χ2n) is 4.31. The SMILES string of the molecule is COc1ccc(OC)c(Cc2c(Br)nc(C)n2C)c1. The number of hydrogen-bond acceptors (Lipinski definition) is 3. The Hall–Kier alpha value is -1.49. The summed E-state index contributed by atoms with van der Waals surface area (Å²) in [5, 5.41) is 0. The first-order valence-electron chi connectivity index (χ1n) is 5.95. The molecule has 4 nitrogen and oxygen atoms in total. The Balaban J connectivity index is 2.41. The van der Waals surface area contributed by atoms with Gasteiger partial charge in [0.05, 0.1) is 19.9 Å². The van der Waals surface area contributed by atoms with Gasteiger partial charge < -0.3 is 14.0 Å². The lowest BCUT2D eigenvalue weighted by Crippen LogP contribution is -2.02. The largest absolute Gasteiger partial charge is 0.497 e.